The number of ether oxygens (including phenoxy) is 1. The van der Waals surface area contributed by atoms with Gasteiger partial charge in [-0.25, -0.2) is 0 Å². The van der Waals surface area contributed by atoms with Gasteiger partial charge in [-0.15, -0.1) is 6.58 Å². The second-order valence-electron chi connectivity index (χ2n) is 4.86. The molecule has 84 valence electrons. The Hall–Kier alpha value is -0.820. The molecule has 1 aliphatic rings. The normalized spacial score (nSPS) is 23.7. The maximum Gasteiger partial charge on any atom is 0.0681 e. The summed E-state index contributed by atoms with van der Waals surface area (Å²) in [5.74, 6) is 0.530. The van der Waals surface area contributed by atoms with Crippen LogP contribution in [0.2, 0.25) is 0 Å². The van der Waals surface area contributed by atoms with Crippen molar-refractivity contribution in [3.8, 4) is 0 Å². The molecule has 0 aromatic heterocycles. The van der Waals surface area contributed by atoms with Gasteiger partial charge in [-0.1, -0.05) is 38.2 Å². The Balaban J connectivity index is 2.52. The summed E-state index contributed by atoms with van der Waals surface area (Å²) in [5, 5.41) is 0. The van der Waals surface area contributed by atoms with E-state index in [9.17, 15) is 0 Å². The van der Waals surface area contributed by atoms with Gasteiger partial charge < -0.3 is 4.74 Å². The van der Waals surface area contributed by atoms with Crippen LogP contribution in [0, 0.1) is 11.3 Å². The molecule has 1 atom stereocenters. The molecule has 0 aromatic carbocycles. The maximum absolute atomic E-state index is 5.44. The summed E-state index contributed by atoms with van der Waals surface area (Å²) in [4.78, 5) is 0. The third-order valence-corrected chi connectivity index (χ3v) is 3.56. The van der Waals surface area contributed by atoms with Gasteiger partial charge in [-0.3, -0.25) is 0 Å². The van der Waals surface area contributed by atoms with E-state index in [-0.39, 0.29) is 5.41 Å². The minimum absolute atomic E-state index is 0.245. The van der Waals surface area contributed by atoms with Crippen molar-refractivity contribution in [2.75, 3.05) is 13.2 Å². The lowest BCUT2D eigenvalue weighted by Crippen LogP contribution is -2.23. The van der Waals surface area contributed by atoms with E-state index in [1.165, 1.54) is 11.1 Å². The Morgan fingerprint density at radius 3 is 2.80 bits per heavy atom. The zero-order valence-corrected chi connectivity index (χ0v) is 10.2. The predicted molar refractivity (Wildman–Crippen MR) is 65.8 cm³/mol. The lowest BCUT2D eigenvalue weighted by atomic mass is 9.74. The average Bonchev–Trinajstić information content (AvgIpc) is 2.42. The standard InChI is InChI=1S/C14H22O/c1-6-9-15-10-11(2)13-8-7-12(3)14(13,4)5/h6-7,13H,1-2,8-10H2,3-5H3. The second kappa shape index (κ2) is 4.80. The first-order chi connectivity index (χ1) is 7.00. The molecule has 1 unspecified atom stereocenters. The molecule has 0 fully saturated rings. The van der Waals surface area contributed by atoms with Crippen molar-refractivity contribution >= 4 is 0 Å². The van der Waals surface area contributed by atoms with Gasteiger partial charge in [0.1, 0.15) is 0 Å². The molecule has 1 aliphatic carbocycles. The fraction of sp³-hybridized carbons (Fsp3) is 0.571. The Morgan fingerprint density at radius 1 is 1.67 bits per heavy atom. The highest BCUT2D eigenvalue weighted by Gasteiger charge is 2.36. The molecule has 0 aromatic rings. The van der Waals surface area contributed by atoms with Crippen LogP contribution in [0.25, 0.3) is 0 Å². The Bertz CT molecular complexity index is 284. The molecule has 0 saturated carbocycles. The van der Waals surface area contributed by atoms with Gasteiger partial charge in [-0.2, -0.15) is 0 Å². The van der Waals surface area contributed by atoms with Crippen LogP contribution in [-0.2, 0) is 4.74 Å². The van der Waals surface area contributed by atoms with Gasteiger partial charge in [0.25, 0.3) is 0 Å². The minimum Gasteiger partial charge on any atom is -0.373 e. The van der Waals surface area contributed by atoms with Crippen molar-refractivity contribution < 1.29 is 4.74 Å². The fourth-order valence-electron chi connectivity index (χ4n) is 2.18. The number of allylic oxidation sites excluding steroid dienone is 2. The first kappa shape index (κ1) is 12.3. The molecule has 0 saturated heterocycles. The summed E-state index contributed by atoms with van der Waals surface area (Å²) in [6.45, 7) is 15.8. The Kier molecular flexibility index (Phi) is 3.92. The third-order valence-electron chi connectivity index (χ3n) is 3.56. The highest BCUT2D eigenvalue weighted by molar-refractivity contribution is 5.25. The Morgan fingerprint density at radius 2 is 2.33 bits per heavy atom. The largest absolute Gasteiger partial charge is 0.373 e. The first-order valence-corrected chi connectivity index (χ1v) is 5.53. The molecule has 15 heavy (non-hydrogen) atoms. The molecule has 1 nitrogen and oxygen atoms in total. The summed E-state index contributed by atoms with van der Waals surface area (Å²) in [5.41, 5.74) is 2.92. The SMILES string of the molecule is C=CCOCC(=C)C1CC=C(C)C1(C)C. The molecule has 0 aliphatic heterocycles. The molecule has 1 rings (SSSR count). The maximum atomic E-state index is 5.44. The highest BCUT2D eigenvalue weighted by atomic mass is 16.5. The second-order valence-corrected chi connectivity index (χ2v) is 4.86. The molecule has 0 N–H and O–H groups in total. The van der Waals surface area contributed by atoms with E-state index >= 15 is 0 Å². The highest BCUT2D eigenvalue weighted by Crippen LogP contribution is 2.46. The first-order valence-electron chi connectivity index (χ1n) is 5.53. The molecule has 0 heterocycles. The summed E-state index contributed by atoms with van der Waals surface area (Å²) in [6, 6.07) is 0. The van der Waals surface area contributed by atoms with Crippen LogP contribution < -0.4 is 0 Å². The smallest absolute Gasteiger partial charge is 0.0681 e. The molecule has 0 amide bonds. The van der Waals surface area contributed by atoms with E-state index in [1.807, 2.05) is 0 Å². The van der Waals surface area contributed by atoms with Crippen molar-refractivity contribution in [3.63, 3.8) is 0 Å². The topological polar surface area (TPSA) is 9.23 Å². The van der Waals surface area contributed by atoms with Crippen LogP contribution in [0.5, 0.6) is 0 Å². The van der Waals surface area contributed by atoms with Gasteiger partial charge in [0.2, 0.25) is 0 Å². The molecule has 1 heteroatoms. The van der Waals surface area contributed by atoms with Crippen molar-refractivity contribution in [1.29, 1.82) is 0 Å². The van der Waals surface area contributed by atoms with Gasteiger partial charge in [0, 0.05) is 0 Å². The van der Waals surface area contributed by atoms with E-state index in [2.05, 4.69) is 40.0 Å². The summed E-state index contributed by atoms with van der Waals surface area (Å²) in [7, 11) is 0. The fourth-order valence-corrected chi connectivity index (χ4v) is 2.18. The molecular weight excluding hydrogens is 184 g/mol. The van der Waals surface area contributed by atoms with Crippen molar-refractivity contribution in [2.24, 2.45) is 11.3 Å². The predicted octanol–water partition coefficient (Wildman–Crippen LogP) is 3.74. The van der Waals surface area contributed by atoms with Crippen LogP contribution in [0.4, 0.5) is 0 Å². The zero-order chi connectivity index (χ0) is 11.5. The van der Waals surface area contributed by atoms with Crippen molar-refractivity contribution in [1.82, 2.24) is 0 Å². The van der Waals surface area contributed by atoms with E-state index < -0.39 is 0 Å². The number of hydrogen-bond donors (Lipinski definition) is 0. The van der Waals surface area contributed by atoms with Gasteiger partial charge in [-0.05, 0) is 30.3 Å². The van der Waals surface area contributed by atoms with E-state index in [0.29, 0.717) is 19.1 Å². The van der Waals surface area contributed by atoms with Gasteiger partial charge >= 0.3 is 0 Å². The molecule has 0 bridgehead atoms. The lowest BCUT2D eigenvalue weighted by Gasteiger charge is -2.31. The quantitative estimate of drug-likeness (QED) is 0.492. The molecule has 0 radical (unpaired) electrons. The van der Waals surface area contributed by atoms with Crippen molar-refractivity contribution in [3.05, 3.63) is 36.5 Å². The van der Waals surface area contributed by atoms with Gasteiger partial charge in [0.05, 0.1) is 13.2 Å². The lowest BCUT2D eigenvalue weighted by molar-refractivity contribution is 0.169. The summed E-state index contributed by atoms with van der Waals surface area (Å²) >= 11 is 0. The van der Waals surface area contributed by atoms with Gasteiger partial charge in [0.15, 0.2) is 0 Å². The van der Waals surface area contributed by atoms with E-state index in [0.717, 1.165) is 6.42 Å². The Labute approximate surface area is 93.5 Å². The molecule has 0 spiro atoms. The summed E-state index contributed by atoms with van der Waals surface area (Å²) < 4.78 is 5.44. The van der Waals surface area contributed by atoms with Crippen LogP contribution in [0.3, 0.4) is 0 Å². The van der Waals surface area contributed by atoms with E-state index in [1.54, 1.807) is 6.08 Å². The number of hydrogen-bond acceptors (Lipinski definition) is 1. The third kappa shape index (κ3) is 2.60. The monoisotopic (exact) mass is 206 g/mol. The van der Waals surface area contributed by atoms with Crippen LogP contribution in [0.15, 0.2) is 36.5 Å². The van der Waals surface area contributed by atoms with Crippen LogP contribution in [0.1, 0.15) is 27.2 Å². The van der Waals surface area contributed by atoms with Crippen LogP contribution in [-0.4, -0.2) is 13.2 Å². The average molecular weight is 206 g/mol. The van der Waals surface area contributed by atoms with Crippen LogP contribution >= 0.6 is 0 Å². The molecular formula is C14H22O. The van der Waals surface area contributed by atoms with E-state index in [4.69, 9.17) is 4.74 Å². The summed E-state index contributed by atoms with van der Waals surface area (Å²) in [6.07, 6.45) is 5.20. The van der Waals surface area contributed by atoms with Crippen molar-refractivity contribution in [2.45, 2.75) is 27.2 Å². The zero-order valence-electron chi connectivity index (χ0n) is 10.2. The number of rotatable bonds is 5. The minimum atomic E-state index is 0.245.